The average molecular weight is 245 g/mol. The van der Waals surface area contributed by atoms with Crippen LogP contribution in [0, 0.1) is 0 Å². The largest absolute Gasteiger partial charge is 0.345 e. The number of amides is 1. The number of hydrogen-bond donors (Lipinski definition) is 2. The second-order valence-electron chi connectivity index (χ2n) is 3.88. The van der Waals surface area contributed by atoms with Crippen LogP contribution < -0.4 is 11.1 Å². The molecule has 94 valence electrons. The van der Waals surface area contributed by atoms with Crippen LogP contribution in [0.1, 0.15) is 21.9 Å². The van der Waals surface area contributed by atoms with Gasteiger partial charge in [-0.15, -0.1) is 0 Å². The van der Waals surface area contributed by atoms with Gasteiger partial charge in [-0.1, -0.05) is 0 Å². The number of rotatable bonds is 4. The highest BCUT2D eigenvalue weighted by atomic mass is 16.1. The van der Waals surface area contributed by atoms with E-state index in [4.69, 9.17) is 5.73 Å². The highest BCUT2D eigenvalue weighted by Crippen LogP contribution is 2.02. The molecule has 0 unspecified atom stereocenters. The fraction of sp³-hybridized carbons (Fsp3) is 0.250. The van der Waals surface area contributed by atoms with Gasteiger partial charge in [0.25, 0.3) is 5.91 Å². The number of imidazole rings is 1. The molecule has 3 N–H and O–H groups in total. The molecule has 2 aromatic heterocycles. The van der Waals surface area contributed by atoms with Crippen molar-refractivity contribution < 1.29 is 4.79 Å². The molecule has 1 amide bonds. The molecule has 6 nitrogen and oxygen atoms in total. The first kappa shape index (κ1) is 12.3. The van der Waals surface area contributed by atoms with Crippen LogP contribution in [0.2, 0.25) is 0 Å². The van der Waals surface area contributed by atoms with Crippen molar-refractivity contribution in [3.8, 4) is 0 Å². The molecular formula is C12H15N5O. The van der Waals surface area contributed by atoms with Gasteiger partial charge in [0, 0.05) is 37.7 Å². The summed E-state index contributed by atoms with van der Waals surface area (Å²) in [4.78, 5) is 20.1. The third-order valence-corrected chi connectivity index (χ3v) is 2.62. The van der Waals surface area contributed by atoms with E-state index in [1.807, 2.05) is 17.8 Å². The summed E-state index contributed by atoms with van der Waals surface area (Å²) >= 11 is 0. The summed E-state index contributed by atoms with van der Waals surface area (Å²) in [5.74, 6) is 0.645. The third-order valence-electron chi connectivity index (χ3n) is 2.62. The van der Waals surface area contributed by atoms with Crippen molar-refractivity contribution in [2.45, 2.75) is 13.1 Å². The number of aryl methyl sites for hydroxylation is 1. The molecule has 0 aliphatic rings. The fourth-order valence-electron chi connectivity index (χ4n) is 1.56. The Morgan fingerprint density at radius 1 is 1.44 bits per heavy atom. The lowest BCUT2D eigenvalue weighted by molar-refractivity contribution is 0.0949. The smallest absolute Gasteiger partial charge is 0.251 e. The Morgan fingerprint density at radius 2 is 2.28 bits per heavy atom. The second kappa shape index (κ2) is 5.42. The summed E-state index contributed by atoms with van der Waals surface area (Å²) in [6.07, 6.45) is 5.11. The Bertz CT molecular complexity index is 549. The van der Waals surface area contributed by atoms with E-state index in [-0.39, 0.29) is 5.91 Å². The van der Waals surface area contributed by atoms with Gasteiger partial charge in [-0.25, -0.2) is 4.98 Å². The molecule has 0 bridgehead atoms. The Balaban J connectivity index is 2.01. The number of nitrogens with zero attached hydrogens (tertiary/aromatic N) is 3. The minimum Gasteiger partial charge on any atom is -0.345 e. The molecule has 0 aliphatic carbocycles. The summed E-state index contributed by atoms with van der Waals surface area (Å²) < 4.78 is 1.86. The fourth-order valence-corrected chi connectivity index (χ4v) is 1.56. The molecule has 18 heavy (non-hydrogen) atoms. The van der Waals surface area contributed by atoms with Crippen LogP contribution >= 0.6 is 0 Å². The van der Waals surface area contributed by atoms with E-state index in [0.29, 0.717) is 24.3 Å². The van der Waals surface area contributed by atoms with E-state index in [0.717, 1.165) is 5.82 Å². The lowest BCUT2D eigenvalue weighted by atomic mass is 10.2. The molecule has 0 saturated carbocycles. The van der Waals surface area contributed by atoms with Crippen molar-refractivity contribution in [2.24, 2.45) is 12.8 Å². The van der Waals surface area contributed by atoms with Crippen molar-refractivity contribution in [2.75, 3.05) is 0 Å². The van der Waals surface area contributed by atoms with Crippen molar-refractivity contribution >= 4 is 5.91 Å². The molecule has 0 aromatic carbocycles. The summed E-state index contributed by atoms with van der Waals surface area (Å²) in [5.41, 5.74) is 6.73. The molecule has 0 saturated heterocycles. The van der Waals surface area contributed by atoms with Crippen LogP contribution in [0.5, 0.6) is 0 Å². The Kier molecular flexibility index (Phi) is 3.69. The summed E-state index contributed by atoms with van der Waals surface area (Å²) in [6, 6.07) is 3.35. The van der Waals surface area contributed by atoms with Gasteiger partial charge in [0.15, 0.2) is 0 Å². The third kappa shape index (κ3) is 2.72. The van der Waals surface area contributed by atoms with Crippen molar-refractivity contribution in [1.82, 2.24) is 19.9 Å². The van der Waals surface area contributed by atoms with Gasteiger partial charge in [-0.3, -0.25) is 9.78 Å². The van der Waals surface area contributed by atoms with Crippen molar-refractivity contribution in [1.29, 1.82) is 0 Å². The van der Waals surface area contributed by atoms with Gasteiger partial charge in [0.05, 0.1) is 12.2 Å². The molecule has 0 spiro atoms. The van der Waals surface area contributed by atoms with Gasteiger partial charge >= 0.3 is 0 Å². The van der Waals surface area contributed by atoms with Crippen LogP contribution in [0.4, 0.5) is 0 Å². The standard InChI is InChI=1S/C12H15N5O/c1-17-5-4-15-11(17)8-16-12(18)9-2-3-14-10(6-9)7-13/h2-6H,7-8,13H2,1H3,(H,16,18). The number of carbonyl (C=O) groups is 1. The normalized spacial score (nSPS) is 10.3. The van der Waals surface area contributed by atoms with Crippen LogP contribution in [0.15, 0.2) is 30.7 Å². The van der Waals surface area contributed by atoms with E-state index >= 15 is 0 Å². The molecule has 0 radical (unpaired) electrons. The minimum absolute atomic E-state index is 0.157. The van der Waals surface area contributed by atoms with Crippen LogP contribution in [0.3, 0.4) is 0 Å². The first-order valence-corrected chi connectivity index (χ1v) is 5.60. The molecule has 2 heterocycles. The summed E-state index contributed by atoms with van der Waals surface area (Å²) in [7, 11) is 1.88. The Labute approximate surface area is 105 Å². The van der Waals surface area contributed by atoms with Gasteiger partial charge in [0.1, 0.15) is 5.82 Å². The summed E-state index contributed by atoms with van der Waals surface area (Å²) in [6.45, 7) is 0.711. The monoisotopic (exact) mass is 245 g/mol. The number of hydrogen-bond acceptors (Lipinski definition) is 4. The number of carbonyl (C=O) groups excluding carboxylic acids is 1. The molecule has 0 atom stereocenters. The van der Waals surface area contributed by atoms with Crippen LogP contribution in [0.25, 0.3) is 0 Å². The Hall–Kier alpha value is -2.21. The molecule has 2 rings (SSSR count). The SMILES string of the molecule is Cn1ccnc1CNC(=O)c1ccnc(CN)c1. The van der Waals surface area contributed by atoms with Gasteiger partial charge in [-0.05, 0) is 12.1 Å². The van der Waals surface area contributed by atoms with Crippen LogP contribution in [-0.2, 0) is 20.1 Å². The lowest BCUT2D eigenvalue weighted by Gasteiger charge is -2.06. The average Bonchev–Trinajstić information content (AvgIpc) is 2.81. The quantitative estimate of drug-likeness (QED) is 0.806. The van der Waals surface area contributed by atoms with E-state index in [1.165, 1.54) is 0 Å². The Morgan fingerprint density at radius 3 is 2.94 bits per heavy atom. The predicted molar refractivity (Wildman–Crippen MR) is 66.5 cm³/mol. The first-order chi connectivity index (χ1) is 8.70. The highest BCUT2D eigenvalue weighted by molar-refractivity contribution is 5.94. The number of pyridine rings is 1. The minimum atomic E-state index is -0.157. The summed E-state index contributed by atoms with van der Waals surface area (Å²) in [5, 5.41) is 2.80. The zero-order valence-corrected chi connectivity index (χ0v) is 10.1. The molecule has 2 aromatic rings. The highest BCUT2D eigenvalue weighted by Gasteiger charge is 2.07. The van der Waals surface area contributed by atoms with Gasteiger partial charge in [-0.2, -0.15) is 0 Å². The maximum atomic E-state index is 11.9. The van der Waals surface area contributed by atoms with Crippen molar-refractivity contribution in [3.05, 3.63) is 47.8 Å². The van der Waals surface area contributed by atoms with E-state index in [2.05, 4.69) is 15.3 Å². The van der Waals surface area contributed by atoms with Crippen molar-refractivity contribution in [3.63, 3.8) is 0 Å². The van der Waals surface area contributed by atoms with Gasteiger partial charge < -0.3 is 15.6 Å². The molecule has 6 heteroatoms. The lowest BCUT2D eigenvalue weighted by Crippen LogP contribution is -2.24. The number of nitrogens with one attached hydrogen (secondary N) is 1. The van der Waals surface area contributed by atoms with Gasteiger partial charge in [0.2, 0.25) is 0 Å². The molecule has 0 fully saturated rings. The molecular weight excluding hydrogens is 230 g/mol. The second-order valence-corrected chi connectivity index (χ2v) is 3.88. The van der Waals surface area contributed by atoms with E-state index in [1.54, 1.807) is 24.5 Å². The topological polar surface area (TPSA) is 85.8 Å². The number of nitrogens with two attached hydrogens (primary N) is 1. The maximum Gasteiger partial charge on any atom is 0.251 e. The zero-order valence-electron chi connectivity index (χ0n) is 10.1. The molecule has 0 aliphatic heterocycles. The first-order valence-electron chi connectivity index (χ1n) is 5.60. The van der Waals surface area contributed by atoms with Crippen LogP contribution in [-0.4, -0.2) is 20.4 Å². The maximum absolute atomic E-state index is 11.9. The number of aromatic nitrogens is 3. The zero-order chi connectivity index (χ0) is 13.0. The van der Waals surface area contributed by atoms with E-state index in [9.17, 15) is 4.79 Å². The predicted octanol–water partition coefficient (Wildman–Crippen LogP) is 0.204. The van der Waals surface area contributed by atoms with E-state index < -0.39 is 0 Å².